The number of hydrogen-bond donors (Lipinski definition) is 0. The molecule has 0 spiro atoms. The van der Waals surface area contributed by atoms with Gasteiger partial charge in [0.2, 0.25) is 0 Å². The second kappa shape index (κ2) is 6.59. The number of hydrogen-bond acceptors (Lipinski definition) is 4. The van der Waals surface area contributed by atoms with Gasteiger partial charge in [0, 0.05) is 14.1 Å². The van der Waals surface area contributed by atoms with Gasteiger partial charge >= 0.3 is 0 Å². The van der Waals surface area contributed by atoms with Gasteiger partial charge in [-0.2, -0.15) is 5.10 Å². The molecule has 4 nitrogen and oxygen atoms in total. The predicted molar refractivity (Wildman–Crippen MR) is 73.4 cm³/mol. The van der Waals surface area contributed by atoms with E-state index in [9.17, 15) is 4.79 Å². The molecule has 0 saturated heterocycles. The van der Waals surface area contributed by atoms with Crippen LogP contribution in [0.3, 0.4) is 0 Å². The van der Waals surface area contributed by atoms with E-state index in [0.717, 1.165) is 17.4 Å². The quantitative estimate of drug-likeness (QED) is 0.263. The summed E-state index contributed by atoms with van der Waals surface area (Å²) in [6, 6.07) is 7.69. The lowest BCUT2D eigenvalue weighted by Crippen LogP contribution is -2.05. The summed E-state index contributed by atoms with van der Waals surface area (Å²) in [6.07, 6.45) is 2.31. The van der Waals surface area contributed by atoms with Gasteiger partial charge in [-0.1, -0.05) is 29.8 Å². The summed E-state index contributed by atoms with van der Waals surface area (Å²) in [5.74, 6) is 0.447. The number of allylic oxidation sites excluding steroid dienone is 2. The second-order valence-electron chi connectivity index (χ2n) is 4.06. The van der Waals surface area contributed by atoms with Crippen LogP contribution in [-0.2, 0) is 9.53 Å². The molecule has 0 heterocycles. The lowest BCUT2D eigenvalue weighted by molar-refractivity contribution is -0.103. The van der Waals surface area contributed by atoms with Crippen molar-refractivity contribution >= 4 is 18.1 Å². The molecule has 0 unspecified atom stereocenters. The standard InChI is InChI=1S/C14H18N2O2/c1-11-5-7-12(8-6-11)13(10-17)14(18-4)9-15-16(2)3/h5-10H,1-4H3/b14-13-,15-9-. The highest BCUT2D eigenvalue weighted by atomic mass is 16.5. The predicted octanol–water partition coefficient (Wildman–Crippen LogP) is 2.10. The Bertz CT molecular complexity index is 459. The topological polar surface area (TPSA) is 41.9 Å². The molecule has 0 aliphatic heterocycles. The first-order valence-corrected chi connectivity index (χ1v) is 5.60. The average molecular weight is 246 g/mol. The summed E-state index contributed by atoms with van der Waals surface area (Å²) in [7, 11) is 5.13. The SMILES string of the molecule is COC(/C=N\N(C)C)=C(/C=O)c1ccc(C)cc1. The van der Waals surface area contributed by atoms with Crippen molar-refractivity contribution in [3.8, 4) is 0 Å². The smallest absolute Gasteiger partial charge is 0.154 e. The summed E-state index contributed by atoms with van der Waals surface area (Å²) < 4.78 is 5.21. The fourth-order valence-corrected chi connectivity index (χ4v) is 1.40. The minimum absolute atomic E-state index is 0.447. The van der Waals surface area contributed by atoms with Gasteiger partial charge in [0.1, 0.15) is 5.76 Å². The molecule has 0 aliphatic rings. The molecule has 0 aliphatic carbocycles. The number of carbonyl (C=O) groups is 1. The Labute approximate surface area is 108 Å². The van der Waals surface area contributed by atoms with E-state index in [1.165, 1.54) is 13.3 Å². The molecule has 0 amide bonds. The van der Waals surface area contributed by atoms with E-state index >= 15 is 0 Å². The number of aryl methyl sites for hydroxylation is 1. The zero-order valence-corrected chi connectivity index (χ0v) is 11.2. The van der Waals surface area contributed by atoms with E-state index < -0.39 is 0 Å². The van der Waals surface area contributed by atoms with Crippen molar-refractivity contribution in [1.82, 2.24) is 5.01 Å². The number of benzene rings is 1. The molecule has 0 fully saturated rings. The first-order chi connectivity index (χ1) is 8.58. The Balaban J connectivity index is 3.18. The van der Waals surface area contributed by atoms with Crippen LogP contribution < -0.4 is 0 Å². The van der Waals surface area contributed by atoms with Gasteiger partial charge in [-0.25, -0.2) is 0 Å². The number of hydrazone groups is 1. The van der Waals surface area contributed by atoms with Crippen molar-refractivity contribution in [3.05, 3.63) is 41.2 Å². The summed E-state index contributed by atoms with van der Waals surface area (Å²) >= 11 is 0. The van der Waals surface area contributed by atoms with Gasteiger partial charge in [0.25, 0.3) is 0 Å². The number of nitrogens with zero attached hydrogens (tertiary/aromatic N) is 2. The lowest BCUT2D eigenvalue weighted by atomic mass is 10.0. The molecule has 0 N–H and O–H groups in total. The van der Waals surface area contributed by atoms with Crippen molar-refractivity contribution in [2.24, 2.45) is 5.10 Å². The fraction of sp³-hybridized carbons (Fsp3) is 0.286. The van der Waals surface area contributed by atoms with Crippen LogP contribution in [0.25, 0.3) is 5.57 Å². The van der Waals surface area contributed by atoms with Crippen LogP contribution in [-0.4, -0.2) is 38.7 Å². The number of methoxy groups -OCH3 is 1. The van der Waals surface area contributed by atoms with Gasteiger partial charge in [-0.05, 0) is 12.5 Å². The molecule has 0 aromatic heterocycles. The van der Waals surface area contributed by atoms with E-state index in [2.05, 4.69) is 5.10 Å². The molecule has 0 atom stereocenters. The first-order valence-electron chi connectivity index (χ1n) is 5.60. The summed E-state index contributed by atoms with van der Waals surface area (Å²) in [5.41, 5.74) is 2.45. The molecule has 0 radical (unpaired) electrons. The van der Waals surface area contributed by atoms with Crippen LogP contribution >= 0.6 is 0 Å². The van der Waals surface area contributed by atoms with Crippen molar-refractivity contribution in [1.29, 1.82) is 0 Å². The van der Waals surface area contributed by atoms with E-state index in [1.54, 1.807) is 19.1 Å². The van der Waals surface area contributed by atoms with Gasteiger partial charge in [0.15, 0.2) is 6.29 Å². The fourth-order valence-electron chi connectivity index (χ4n) is 1.40. The molecule has 18 heavy (non-hydrogen) atoms. The minimum atomic E-state index is 0.447. The minimum Gasteiger partial charge on any atom is -0.494 e. The third kappa shape index (κ3) is 3.73. The molecule has 1 rings (SSSR count). The zero-order chi connectivity index (χ0) is 13.5. The number of aldehydes is 1. The highest BCUT2D eigenvalue weighted by Crippen LogP contribution is 2.17. The third-order valence-corrected chi connectivity index (χ3v) is 2.37. The van der Waals surface area contributed by atoms with Crippen LogP contribution in [0, 0.1) is 6.92 Å². The largest absolute Gasteiger partial charge is 0.494 e. The van der Waals surface area contributed by atoms with Crippen LogP contribution in [0.15, 0.2) is 35.1 Å². The molecular formula is C14H18N2O2. The Kier molecular flexibility index (Phi) is 5.11. The van der Waals surface area contributed by atoms with Gasteiger partial charge in [0.05, 0.1) is 18.9 Å². The van der Waals surface area contributed by atoms with Crippen molar-refractivity contribution < 1.29 is 9.53 Å². The van der Waals surface area contributed by atoms with Crippen LogP contribution in [0.1, 0.15) is 11.1 Å². The van der Waals surface area contributed by atoms with Crippen molar-refractivity contribution in [2.75, 3.05) is 21.2 Å². The van der Waals surface area contributed by atoms with Crippen LogP contribution in [0.4, 0.5) is 0 Å². The third-order valence-electron chi connectivity index (χ3n) is 2.37. The second-order valence-corrected chi connectivity index (χ2v) is 4.06. The summed E-state index contributed by atoms with van der Waals surface area (Å²) in [6.45, 7) is 2.00. The molecule has 96 valence electrons. The first kappa shape index (κ1) is 14.0. The Morgan fingerprint density at radius 1 is 1.28 bits per heavy atom. The van der Waals surface area contributed by atoms with Crippen molar-refractivity contribution in [3.63, 3.8) is 0 Å². The maximum atomic E-state index is 11.2. The molecule has 1 aromatic rings. The van der Waals surface area contributed by atoms with Crippen molar-refractivity contribution in [2.45, 2.75) is 6.92 Å². The maximum absolute atomic E-state index is 11.2. The van der Waals surface area contributed by atoms with Gasteiger partial charge in [-0.15, -0.1) is 0 Å². The molecular weight excluding hydrogens is 228 g/mol. The Morgan fingerprint density at radius 3 is 2.33 bits per heavy atom. The average Bonchev–Trinajstić information content (AvgIpc) is 2.35. The van der Waals surface area contributed by atoms with E-state index in [1.807, 2.05) is 31.2 Å². The maximum Gasteiger partial charge on any atom is 0.154 e. The van der Waals surface area contributed by atoms with E-state index in [0.29, 0.717) is 11.3 Å². The highest BCUT2D eigenvalue weighted by Gasteiger charge is 2.07. The summed E-state index contributed by atoms with van der Waals surface area (Å²) in [4.78, 5) is 11.2. The number of rotatable bonds is 5. The van der Waals surface area contributed by atoms with Crippen LogP contribution in [0.5, 0.6) is 0 Å². The normalized spacial score (nSPS) is 12.2. The van der Waals surface area contributed by atoms with E-state index in [-0.39, 0.29) is 0 Å². The molecule has 0 saturated carbocycles. The van der Waals surface area contributed by atoms with Gasteiger partial charge in [-0.3, -0.25) is 4.79 Å². The Hall–Kier alpha value is -2.10. The lowest BCUT2D eigenvalue weighted by Gasteiger charge is -2.08. The monoisotopic (exact) mass is 246 g/mol. The zero-order valence-electron chi connectivity index (χ0n) is 11.2. The number of carbonyl (C=O) groups excluding carboxylic acids is 1. The summed E-state index contributed by atoms with van der Waals surface area (Å²) in [5, 5.41) is 5.71. The van der Waals surface area contributed by atoms with E-state index in [4.69, 9.17) is 4.74 Å². The Morgan fingerprint density at radius 2 is 1.89 bits per heavy atom. The molecule has 1 aromatic carbocycles. The van der Waals surface area contributed by atoms with Crippen LogP contribution in [0.2, 0.25) is 0 Å². The van der Waals surface area contributed by atoms with Gasteiger partial charge < -0.3 is 9.75 Å². The highest BCUT2D eigenvalue weighted by molar-refractivity contribution is 6.13. The molecule has 0 bridgehead atoms. The number of ether oxygens (including phenoxy) is 1. The molecule has 4 heteroatoms.